The van der Waals surface area contributed by atoms with Crippen LogP contribution in [0.25, 0.3) is 0 Å². The Kier molecular flexibility index (Phi) is 6.47. The maximum Gasteiger partial charge on any atom is 0.308 e. The first-order valence-electron chi connectivity index (χ1n) is 2.24. The van der Waals surface area contributed by atoms with E-state index in [-0.39, 0.29) is 16.1 Å². The van der Waals surface area contributed by atoms with Gasteiger partial charge in [0.15, 0.2) is 0 Å². The zero-order valence-electron chi connectivity index (χ0n) is 6.07. The van der Waals surface area contributed by atoms with Crippen molar-refractivity contribution >= 4 is 26.5 Å². The maximum atomic E-state index is 8.63. The van der Waals surface area contributed by atoms with Crippen molar-refractivity contribution < 1.29 is 17.5 Å². The van der Waals surface area contributed by atoms with Gasteiger partial charge in [0.05, 0.1) is 10.9 Å². The lowest BCUT2D eigenvalue weighted by atomic mass is 11.4. The molecule has 0 heterocycles. The van der Waals surface area contributed by atoms with Crippen LogP contribution in [0.4, 0.5) is 0 Å². The first kappa shape index (κ1) is 13.3. The van der Waals surface area contributed by atoms with E-state index in [2.05, 4.69) is 0 Å². The average molecular weight is 202 g/mol. The molecular formula is C3H10N2O4S2. The summed E-state index contributed by atoms with van der Waals surface area (Å²) in [5, 5.41) is 7.03. The molecule has 0 amide bonds. The van der Waals surface area contributed by atoms with Crippen molar-refractivity contribution in [2.24, 2.45) is 5.73 Å². The van der Waals surface area contributed by atoms with Crippen LogP contribution in [0.2, 0.25) is 0 Å². The second kappa shape index (κ2) is 5.35. The Morgan fingerprint density at radius 1 is 1.64 bits per heavy atom. The number of amidine groups is 1. The van der Waals surface area contributed by atoms with Gasteiger partial charge in [-0.25, -0.2) is 13.8 Å². The molecule has 0 unspecified atom stereocenters. The molecule has 0 aromatic rings. The molecule has 0 aliphatic rings. The Morgan fingerprint density at radius 2 is 1.73 bits per heavy atom. The Balaban J connectivity index is 0. The molecule has 68 valence electrons. The highest BCUT2D eigenvalue weighted by Gasteiger charge is 2.03. The lowest BCUT2D eigenvalue weighted by Crippen LogP contribution is -2.19. The lowest BCUT2D eigenvalue weighted by molar-refractivity contribution is 0.366. The van der Waals surface area contributed by atoms with Crippen LogP contribution in [-0.2, 0) is 21.3 Å². The maximum absolute atomic E-state index is 8.63. The Morgan fingerprint density at radius 3 is 1.73 bits per heavy atom. The SMILES string of the molecule is C[S+](C)C(=N)N.O=S(=O)([O-])O. The Hall–Kier alpha value is -0.310. The van der Waals surface area contributed by atoms with E-state index in [4.69, 9.17) is 28.7 Å². The number of nitrogens with two attached hydrogens (primary N) is 1. The van der Waals surface area contributed by atoms with E-state index in [0.29, 0.717) is 0 Å². The molecule has 0 saturated carbocycles. The van der Waals surface area contributed by atoms with Gasteiger partial charge in [0.1, 0.15) is 12.5 Å². The highest BCUT2D eigenvalue weighted by Crippen LogP contribution is 1.75. The van der Waals surface area contributed by atoms with Crippen LogP contribution >= 0.6 is 0 Å². The normalized spacial score (nSPS) is 10.3. The predicted octanol–water partition coefficient (Wildman–Crippen LogP) is -1.24. The van der Waals surface area contributed by atoms with Crippen LogP contribution in [0.1, 0.15) is 0 Å². The summed E-state index contributed by atoms with van der Waals surface area (Å²) in [6, 6.07) is 0. The first-order chi connectivity index (χ1) is 4.64. The average Bonchev–Trinajstić information content (AvgIpc) is 1.59. The van der Waals surface area contributed by atoms with E-state index in [1.165, 1.54) is 0 Å². The van der Waals surface area contributed by atoms with Gasteiger partial charge in [-0.1, -0.05) is 0 Å². The molecule has 8 heteroatoms. The van der Waals surface area contributed by atoms with Crippen molar-refractivity contribution in [3.05, 3.63) is 0 Å². The summed E-state index contributed by atoms with van der Waals surface area (Å²) in [5.41, 5.74) is 5.03. The van der Waals surface area contributed by atoms with E-state index in [1.807, 2.05) is 12.5 Å². The van der Waals surface area contributed by atoms with Gasteiger partial charge in [0, 0.05) is 0 Å². The van der Waals surface area contributed by atoms with E-state index >= 15 is 0 Å². The molecule has 0 aromatic carbocycles. The summed E-state index contributed by atoms with van der Waals surface area (Å²) in [5.74, 6) is 0. The van der Waals surface area contributed by atoms with E-state index in [0.717, 1.165) is 0 Å². The van der Waals surface area contributed by atoms with Gasteiger partial charge in [0.2, 0.25) is 10.4 Å². The fourth-order valence-electron chi connectivity index (χ4n) is 0. The smallest absolute Gasteiger partial charge is 0.308 e. The van der Waals surface area contributed by atoms with Gasteiger partial charge in [0.25, 0.3) is 0 Å². The fourth-order valence-corrected chi connectivity index (χ4v) is 0. The zero-order chi connectivity index (χ0) is 9.65. The largest absolute Gasteiger partial charge is 0.726 e. The van der Waals surface area contributed by atoms with Crippen LogP contribution in [0.15, 0.2) is 0 Å². The number of hydrogen-bond donors (Lipinski definition) is 3. The van der Waals surface area contributed by atoms with E-state index in [1.54, 1.807) is 0 Å². The van der Waals surface area contributed by atoms with Crippen molar-refractivity contribution in [2.45, 2.75) is 0 Å². The van der Waals surface area contributed by atoms with Crippen molar-refractivity contribution in [3.63, 3.8) is 0 Å². The van der Waals surface area contributed by atoms with Crippen LogP contribution < -0.4 is 5.73 Å². The summed E-state index contributed by atoms with van der Waals surface area (Å²) in [6.07, 6.45) is 3.84. The van der Waals surface area contributed by atoms with E-state index < -0.39 is 10.4 Å². The summed E-state index contributed by atoms with van der Waals surface area (Å²) < 4.78 is 32.8. The van der Waals surface area contributed by atoms with Crippen LogP contribution in [0, 0.1) is 5.41 Å². The molecule has 4 N–H and O–H groups in total. The molecule has 0 saturated heterocycles. The monoisotopic (exact) mass is 202 g/mol. The number of rotatable bonds is 0. The lowest BCUT2D eigenvalue weighted by Gasteiger charge is -1.88. The molecule has 0 aliphatic heterocycles. The molecule has 0 spiro atoms. The molecule has 0 radical (unpaired) electrons. The second-order valence-corrected chi connectivity index (χ2v) is 4.54. The topological polar surface area (TPSA) is 127 Å². The summed E-state index contributed by atoms with van der Waals surface area (Å²) >= 11 is 0. The molecule has 0 fully saturated rings. The third-order valence-electron chi connectivity index (χ3n) is 0.440. The second-order valence-electron chi connectivity index (χ2n) is 1.61. The highest BCUT2D eigenvalue weighted by atomic mass is 32.3. The highest BCUT2D eigenvalue weighted by molar-refractivity contribution is 8.09. The van der Waals surface area contributed by atoms with Crippen LogP contribution in [-0.4, -0.2) is 35.2 Å². The van der Waals surface area contributed by atoms with Crippen molar-refractivity contribution in [1.82, 2.24) is 0 Å². The van der Waals surface area contributed by atoms with Crippen LogP contribution in [0.3, 0.4) is 0 Å². The molecule has 11 heavy (non-hydrogen) atoms. The third-order valence-corrected chi connectivity index (χ3v) is 1.32. The molecule has 0 atom stereocenters. The molecule has 6 nitrogen and oxygen atoms in total. The van der Waals surface area contributed by atoms with Crippen LogP contribution in [0.5, 0.6) is 0 Å². The number of hydrogen-bond acceptors (Lipinski definition) is 4. The van der Waals surface area contributed by atoms with Crippen molar-refractivity contribution in [3.8, 4) is 0 Å². The molecule has 0 aliphatic carbocycles. The molecule has 0 bridgehead atoms. The first-order valence-corrected chi connectivity index (χ1v) is 5.65. The van der Waals surface area contributed by atoms with Gasteiger partial charge < -0.3 is 10.3 Å². The van der Waals surface area contributed by atoms with Crippen molar-refractivity contribution in [1.29, 1.82) is 5.41 Å². The minimum Gasteiger partial charge on any atom is -0.726 e. The summed E-state index contributed by atoms with van der Waals surface area (Å²) in [6.45, 7) is 0. The predicted molar refractivity (Wildman–Crippen MR) is 43.5 cm³/mol. The summed E-state index contributed by atoms with van der Waals surface area (Å²) in [7, 11) is -4.92. The fraction of sp³-hybridized carbons (Fsp3) is 0.667. The number of nitrogens with one attached hydrogen (secondary N) is 1. The standard InChI is InChI=1S/C3H9N2S.H2O4S/c1-6(2)3(4)5;1-5(2,3)4/h1-2H3,(H3,4,5);(H2,1,2,3,4)/q+1;/p-1. The summed E-state index contributed by atoms with van der Waals surface area (Å²) in [4.78, 5) is 0. The Bertz CT molecular complexity index is 201. The Labute approximate surface area is 68.2 Å². The van der Waals surface area contributed by atoms with Gasteiger partial charge in [-0.15, -0.1) is 0 Å². The minimum absolute atomic E-state index is 0.00617. The van der Waals surface area contributed by atoms with Gasteiger partial charge in [-0.05, 0) is 0 Å². The van der Waals surface area contributed by atoms with Gasteiger partial charge >= 0.3 is 5.17 Å². The van der Waals surface area contributed by atoms with Crippen molar-refractivity contribution in [2.75, 3.05) is 12.5 Å². The molecule has 0 aromatic heterocycles. The third kappa shape index (κ3) is 42.1. The molecular weight excluding hydrogens is 192 g/mol. The molecule has 0 rings (SSSR count). The van der Waals surface area contributed by atoms with Gasteiger partial charge in [-0.2, -0.15) is 0 Å². The van der Waals surface area contributed by atoms with E-state index in [9.17, 15) is 0 Å². The minimum atomic E-state index is -4.92. The quantitative estimate of drug-likeness (QED) is 0.149. The van der Waals surface area contributed by atoms with Gasteiger partial charge in [-0.3, -0.25) is 4.55 Å². The zero-order valence-corrected chi connectivity index (χ0v) is 7.70.